The van der Waals surface area contributed by atoms with E-state index in [0.717, 1.165) is 5.56 Å². The van der Waals surface area contributed by atoms with Gasteiger partial charge in [0.15, 0.2) is 5.15 Å². The first-order chi connectivity index (χ1) is 10.0. The summed E-state index contributed by atoms with van der Waals surface area (Å²) in [6.45, 7) is 0.916. The van der Waals surface area contributed by atoms with Crippen molar-refractivity contribution in [2.45, 2.75) is 6.54 Å². The summed E-state index contributed by atoms with van der Waals surface area (Å²) in [6.07, 6.45) is 1.57. The largest absolute Gasteiger partial charge is 0.322 e. The zero-order valence-corrected chi connectivity index (χ0v) is 13.0. The van der Waals surface area contributed by atoms with E-state index in [-0.39, 0.29) is 17.6 Å². The molecule has 1 amide bonds. The second-order valence-electron chi connectivity index (χ2n) is 4.69. The molecule has 0 aliphatic heterocycles. The minimum Gasteiger partial charge on any atom is -0.322 e. The maximum absolute atomic E-state index is 12.0. The summed E-state index contributed by atoms with van der Waals surface area (Å²) in [6, 6.07) is 11.0. The highest BCUT2D eigenvalue weighted by Gasteiger charge is 2.09. The number of nitrogens with one attached hydrogen (secondary N) is 1. The molecule has 1 N–H and O–H groups in total. The first-order valence-corrected chi connectivity index (χ1v) is 7.13. The van der Waals surface area contributed by atoms with Gasteiger partial charge in [0.05, 0.1) is 12.2 Å². The zero-order chi connectivity index (χ0) is 15.2. The van der Waals surface area contributed by atoms with Gasteiger partial charge in [-0.3, -0.25) is 9.69 Å². The Hall–Kier alpha value is -1.62. The van der Waals surface area contributed by atoms with E-state index >= 15 is 0 Å². The summed E-state index contributed by atoms with van der Waals surface area (Å²) in [5.74, 6) is -0.138. The molecule has 0 radical (unpaired) electrons. The van der Waals surface area contributed by atoms with Gasteiger partial charge in [0.1, 0.15) is 0 Å². The topological polar surface area (TPSA) is 45.2 Å². The molecular formula is C15H15Cl2N3O. The summed E-state index contributed by atoms with van der Waals surface area (Å²) in [4.78, 5) is 17.8. The number of amides is 1. The van der Waals surface area contributed by atoms with Crippen molar-refractivity contribution in [2.75, 3.05) is 18.9 Å². The highest BCUT2D eigenvalue weighted by atomic mass is 35.5. The van der Waals surface area contributed by atoms with Gasteiger partial charge < -0.3 is 5.32 Å². The molecule has 0 spiro atoms. The van der Waals surface area contributed by atoms with E-state index in [1.807, 2.05) is 36.2 Å². The fraction of sp³-hybridized carbons (Fsp3) is 0.200. The van der Waals surface area contributed by atoms with Crippen molar-refractivity contribution in [1.82, 2.24) is 9.88 Å². The molecule has 0 fully saturated rings. The molecule has 1 aromatic carbocycles. The average Bonchev–Trinajstić information content (AvgIpc) is 2.44. The molecule has 0 saturated carbocycles. The van der Waals surface area contributed by atoms with Crippen molar-refractivity contribution in [2.24, 2.45) is 0 Å². The Morgan fingerprint density at radius 2 is 1.95 bits per heavy atom. The van der Waals surface area contributed by atoms with Gasteiger partial charge in [0.25, 0.3) is 0 Å². The Bertz CT molecular complexity index is 617. The number of carbonyl (C=O) groups is 1. The van der Waals surface area contributed by atoms with E-state index < -0.39 is 0 Å². The average molecular weight is 324 g/mol. The van der Waals surface area contributed by atoms with Gasteiger partial charge in [-0.1, -0.05) is 35.3 Å². The molecule has 0 unspecified atom stereocenters. The molecule has 0 saturated heterocycles. The number of benzene rings is 1. The van der Waals surface area contributed by atoms with Crippen molar-refractivity contribution in [3.63, 3.8) is 0 Å². The fourth-order valence-corrected chi connectivity index (χ4v) is 2.16. The minimum atomic E-state index is -0.138. The number of aromatic nitrogens is 1. The maximum Gasteiger partial charge on any atom is 0.238 e. The van der Waals surface area contributed by atoms with Gasteiger partial charge in [-0.25, -0.2) is 4.98 Å². The van der Waals surface area contributed by atoms with Crippen LogP contribution in [0.1, 0.15) is 5.56 Å². The van der Waals surface area contributed by atoms with Crippen LogP contribution in [-0.4, -0.2) is 29.4 Å². The number of anilines is 1. The number of likely N-dealkylation sites (N-methyl/N-ethyl adjacent to an activating group) is 1. The number of pyridine rings is 1. The molecule has 2 rings (SSSR count). The van der Waals surface area contributed by atoms with E-state index in [9.17, 15) is 4.79 Å². The number of hydrogen-bond acceptors (Lipinski definition) is 3. The Labute approximate surface area is 133 Å². The van der Waals surface area contributed by atoms with E-state index in [4.69, 9.17) is 23.2 Å². The fourth-order valence-electron chi connectivity index (χ4n) is 1.87. The van der Waals surface area contributed by atoms with Crippen LogP contribution in [0.3, 0.4) is 0 Å². The summed E-state index contributed by atoms with van der Waals surface area (Å²) in [7, 11) is 1.87. The Balaban J connectivity index is 1.87. The lowest BCUT2D eigenvalue weighted by Gasteiger charge is -2.16. The van der Waals surface area contributed by atoms with E-state index in [1.54, 1.807) is 18.3 Å². The van der Waals surface area contributed by atoms with Crippen LogP contribution in [0.2, 0.25) is 10.2 Å². The van der Waals surface area contributed by atoms with Crippen LogP contribution in [0.15, 0.2) is 42.6 Å². The molecular weight excluding hydrogens is 309 g/mol. The van der Waals surface area contributed by atoms with Gasteiger partial charge in [0, 0.05) is 17.8 Å². The van der Waals surface area contributed by atoms with Crippen LogP contribution >= 0.6 is 23.2 Å². The van der Waals surface area contributed by atoms with Crippen LogP contribution in [0.25, 0.3) is 0 Å². The molecule has 1 heterocycles. The predicted octanol–water partition coefficient (Wildman–Crippen LogP) is 3.46. The van der Waals surface area contributed by atoms with Crippen LogP contribution in [0.5, 0.6) is 0 Å². The lowest BCUT2D eigenvalue weighted by Crippen LogP contribution is -2.29. The van der Waals surface area contributed by atoms with Crippen LogP contribution in [0.4, 0.5) is 5.69 Å². The number of rotatable bonds is 5. The first kappa shape index (κ1) is 15.8. The second kappa shape index (κ2) is 7.41. The van der Waals surface area contributed by atoms with Crippen LogP contribution in [0, 0.1) is 0 Å². The number of halogens is 2. The molecule has 0 bridgehead atoms. The number of carbonyl (C=O) groups excluding carboxylic acids is 1. The second-order valence-corrected chi connectivity index (χ2v) is 5.48. The van der Waals surface area contributed by atoms with E-state index in [1.165, 1.54) is 0 Å². The lowest BCUT2D eigenvalue weighted by atomic mass is 10.2. The third-order valence-corrected chi connectivity index (χ3v) is 3.37. The third-order valence-electron chi connectivity index (χ3n) is 2.81. The third kappa shape index (κ3) is 5.01. The van der Waals surface area contributed by atoms with Gasteiger partial charge in [-0.2, -0.15) is 0 Å². The minimum absolute atomic E-state index is 0.138. The van der Waals surface area contributed by atoms with Gasteiger partial charge in [-0.15, -0.1) is 0 Å². The Morgan fingerprint density at radius 1 is 1.24 bits per heavy atom. The SMILES string of the molecule is CN(CC(=O)Nc1cccnc1Cl)Cc1ccc(Cl)cc1. The number of nitrogens with zero attached hydrogens (tertiary/aromatic N) is 2. The van der Waals surface area contributed by atoms with Gasteiger partial charge >= 0.3 is 0 Å². The van der Waals surface area contributed by atoms with E-state index in [0.29, 0.717) is 17.3 Å². The van der Waals surface area contributed by atoms with Crippen molar-refractivity contribution >= 4 is 34.8 Å². The molecule has 21 heavy (non-hydrogen) atoms. The van der Waals surface area contributed by atoms with Crippen molar-refractivity contribution in [1.29, 1.82) is 0 Å². The molecule has 0 atom stereocenters. The molecule has 6 heteroatoms. The normalized spacial score (nSPS) is 10.7. The Kier molecular flexibility index (Phi) is 5.56. The standard InChI is InChI=1S/C15H15Cl2N3O/c1-20(9-11-4-6-12(16)7-5-11)10-14(21)19-13-3-2-8-18-15(13)17/h2-8H,9-10H2,1H3,(H,19,21). The lowest BCUT2D eigenvalue weighted by molar-refractivity contribution is -0.117. The monoisotopic (exact) mass is 323 g/mol. The highest BCUT2D eigenvalue weighted by Crippen LogP contribution is 2.17. The summed E-state index contributed by atoms with van der Waals surface area (Å²) in [5.41, 5.74) is 1.61. The quantitative estimate of drug-likeness (QED) is 0.857. The summed E-state index contributed by atoms with van der Waals surface area (Å²) < 4.78 is 0. The summed E-state index contributed by atoms with van der Waals surface area (Å²) >= 11 is 11.7. The summed E-state index contributed by atoms with van der Waals surface area (Å²) in [5, 5.41) is 3.72. The van der Waals surface area contributed by atoms with Crippen molar-refractivity contribution < 1.29 is 4.79 Å². The van der Waals surface area contributed by atoms with Crippen molar-refractivity contribution in [3.8, 4) is 0 Å². The molecule has 110 valence electrons. The molecule has 1 aromatic heterocycles. The zero-order valence-electron chi connectivity index (χ0n) is 11.5. The molecule has 0 aliphatic carbocycles. The maximum atomic E-state index is 12.0. The van der Waals surface area contributed by atoms with Gasteiger partial charge in [-0.05, 0) is 36.9 Å². The van der Waals surface area contributed by atoms with Gasteiger partial charge in [0.2, 0.25) is 5.91 Å². The Morgan fingerprint density at radius 3 is 2.62 bits per heavy atom. The highest BCUT2D eigenvalue weighted by molar-refractivity contribution is 6.32. The van der Waals surface area contributed by atoms with Crippen LogP contribution in [-0.2, 0) is 11.3 Å². The molecule has 2 aromatic rings. The van der Waals surface area contributed by atoms with E-state index in [2.05, 4.69) is 10.3 Å². The molecule has 0 aliphatic rings. The molecule has 4 nitrogen and oxygen atoms in total. The first-order valence-electron chi connectivity index (χ1n) is 6.38. The van der Waals surface area contributed by atoms with Crippen molar-refractivity contribution in [3.05, 3.63) is 58.3 Å². The van der Waals surface area contributed by atoms with Crippen LogP contribution < -0.4 is 5.32 Å². The smallest absolute Gasteiger partial charge is 0.238 e. The number of hydrogen-bond donors (Lipinski definition) is 1. The predicted molar refractivity (Wildman–Crippen MR) is 85.7 cm³/mol.